The van der Waals surface area contributed by atoms with Crippen LogP contribution < -0.4 is 5.32 Å². The molecule has 1 unspecified atom stereocenters. The van der Waals surface area contributed by atoms with Crippen molar-refractivity contribution < 1.29 is 23.8 Å². The largest absolute Gasteiger partial charge is 0.480 e. The highest BCUT2D eigenvalue weighted by molar-refractivity contribution is 5.85. The van der Waals surface area contributed by atoms with Crippen LogP contribution in [0.4, 0.5) is 0 Å². The zero-order chi connectivity index (χ0) is 22.5. The monoisotopic (exact) mass is 428 g/mol. The molecule has 1 aliphatic carbocycles. The van der Waals surface area contributed by atoms with Crippen LogP contribution in [0, 0.1) is 25.7 Å². The summed E-state index contributed by atoms with van der Waals surface area (Å²) in [5, 5.41) is 12.0. The normalized spacial score (nSPS) is 19.9. The number of amides is 1. The lowest BCUT2D eigenvalue weighted by atomic mass is 9.86. The average Bonchev–Trinajstić information content (AvgIpc) is 3.11. The molecule has 0 radical (unpaired) electrons. The molecule has 3 rings (SSSR count). The molecule has 2 N–H and O–H groups in total. The highest BCUT2D eigenvalue weighted by atomic mass is 16.5. The highest BCUT2D eigenvalue weighted by Crippen LogP contribution is 2.29. The molecule has 31 heavy (non-hydrogen) atoms. The van der Waals surface area contributed by atoms with Crippen LogP contribution in [0.5, 0.6) is 0 Å². The van der Waals surface area contributed by atoms with Gasteiger partial charge in [0.2, 0.25) is 11.8 Å². The van der Waals surface area contributed by atoms with Gasteiger partial charge in [0.25, 0.3) is 0 Å². The molecule has 0 bridgehead atoms. The second-order valence-electron chi connectivity index (χ2n) is 8.75. The quantitative estimate of drug-likeness (QED) is 0.651. The lowest BCUT2D eigenvalue weighted by molar-refractivity contribution is -0.144. The Morgan fingerprint density at radius 1 is 1.23 bits per heavy atom. The van der Waals surface area contributed by atoms with Gasteiger partial charge in [-0.2, -0.15) is 0 Å². The summed E-state index contributed by atoms with van der Waals surface area (Å²) in [5.74, 6) is -0.311. The number of rotatable bonds is 8. The van der Waals surface area contributed by atoms with Crippen molar-refractivity contribution in [2.75, 3.05) is 0 Å². The molecule has 1 heterocycles. The maximum atomic E-state index is 12.6. The molecular formula is C24H32N2O5. The predicted molar refractivity (Wildman–Crippen MR) is 116 cm³/mol. The fraction of sp³-hybridized carbons (Fsp3) is 0.542. The summed E-state index contributed by atoms with van der Waals surface area (Å²) in [6.07, 6.45) is 3.01. The van der Waals surface area contributed by atoms with E-state index in [0.717, 1.165) is 36.3 Å². The Labute approximate surface area is 183 Å². The molecular weight excluding hydrogens is 396 g/mol. The summed E-state index contributed by atoms with van der Waals surface area (Å²) in [6.45, 7) is 7.81. The van der Waals surface area contributed by atoms with Crippen molar-refractivity contribution in [3.05, 3.63) is 41.3 Å². The summed E-state index contributed by atoms with van der Waals surface area (Å²) in [7, 11) is 0. The molecule has 7 heteroatoms. The van der Waals surface area contributed by atoms with Crippen LogP contribution in [-0.4, -0.2) is 34.1 Å². The molecule has 168 valence electrons. The van der Waals surface area contributed by atoms with Gasteiger partial charge in [-0.3, -0.25) is 4.79 Å². The minimum Gasteiger partial charge on any atom is -0.480 e. The number of benzene rings is 1. The number of hydrogen-bond acceptors (Lipinski definition) is 5. The minimum absolute atomic E-state index is 0.0641. The zero-order valence-electron chi connectivity index (χ0n) is 18.7. The van der Waals surface area contributed by atoms with Gasteiger partial charge in [-0.15, -0.1) is 0 Å². The Bertz CT molecular complexity index is 903. The number of oxazole rings is 1. The van der Waals surface area contributed by atoms with E-state index in [-0.39, 0.29) is 23.8 Å². The van der Waals surface area contributed by atoms with Gasteiger partial charge in [0.15, 0.2) is 0 Å². The first-order valence-corrected chi connectivity index (χ1v) is 10.9. The van der Waals surface area contributed by atoms with E-state index < -0.39 is 12.0 Å². The van der Waals surface area contributed by atoms with E-state index >= 15 is 0 Å². The molecule has 1 aromatic heterocycles. The third-order valence-electron chi connectivity index (χ3n) is 5.87. The SMILES string of the molecule is Cc1ccc(-c2nc(CO[C@H]3CCC[C@@H](C(=O)NC(C(=O)O)C(C)C)C3)c(C)o2)cc1. The van der Waals surface area contributed by atoms with Crippen molar-refractivity contribution >= 4 is 11.9 Å². The van der Waals surface area contributed by atoms with E-state index in [1.807, 2.05) is 38.1 Å². The molecule has 1 aromatic carbocycles. The van der Waals surface area contributed by atoms with Gasteiger partial charge in [-0.25, -0.2) is 9.78 Å². The number of carboxylic acids is 1. The number of hydrogen-bond donors (Lipinski definition) is 2. The van der Waals surface area contributed by atoms with Gasteiger partial charge in [0.05, 0.1) is 12.7 Å². The second-order valence-corrected chi connectivity index (χ2v) is 8.75. The summed E-state index contributed by atoms with van der Waals surface area (Å²) >= 11 is 0. The number of aryl methyl sites for hydroxylation is 2. The molecule has 0 saturated heterocycles. The van der Waals surface area contributed by atoms with Gasteiger partial charge in [-0.1, -0.05) is 38.0 Å². The molecule has 1 amide bonds. The van der Waals surface area contributed by atoms with Crippen molar-refractivity contribution in [2.45, 2.75) is 72.1 Å². The first-order valence-electron chi connectivity index (χ1n) is 10.9. The van der Waals surface area contributed by atoms with E-state index in [1.54, 1.807) is 13.8 Å². The van der Waals surface area contributed by atoms with Crippen LogP contribution in [0.3, 0.4) is 0 Å². The Morgan fingerprint density at radius 2 is 1.94 bits per heavy atom. The second kappa shape index (κ2) is 10.1. The molecule has 7 nitrogen and oxygen atoms in total. The van der Waals surface area contributed by atoms with Crippen LogP contribution in [0.2, 0.25) is 0 Å². The Morgan fingerprint density at radius 3 is 2.58 bits per heavy atom. The van der Waals surface area contributed by atoms with Gasteiger partial charge in [-0.05, 0) is 51.2 Å². The van der Waals surface area contributed by atoms with Crippen molar-refractivity contribution in [3.63, 3.8) is 0 Å². The molecule has 3 atom stereocenters. The van der Waals surface area contributed by atoms with E-state index in [4.69, 9.17) is 9.15 Å². The molecule has 0 spiro atoms. The number of aromatic nitrogens is 1. The molecule has 1 saturated carbocycles. The average molecular weight is 429 g/mol. The summed E-state index contributed by atoms with van der Waals surface area (Å²) < 4.78 is 11.9. The van der Waals surface area contributed by atoms with Crippen molar-refractivity contribution in [1.82, 2.24) is 10.3 Å². The summed E-state index contributed by atoms with van der Waals surface area (Å²) in [4.78, 5) is 28.6. The van der Waals surface area contributed by atoms with Gasteiger partial charge >= 0.3 is 5.97 Å². The maximum absolute atomic E-state index is 12.6. The van der Waals surface area contributed by atoms with Gasteiger partial charge in [0, 0.05) is 11.5 Å². The first kappa shape index (κ1) is 23.0. The lowest BCUT2D eigenvalue weighted by Gasteiger charge is -2.29. The number of carbonyl (C=O) groups is 2. The molecule has 1 fully saturated rings. The minimum atomic E-state index is -1.00. The van der Waals surface area contributed by atoms with Crippen LogP contribution in [0.1, 0.15) is 56.5 Å². The third kappa shape index (κ3) is 5.94. The predicted octanol–water partition coefficient (Wildman–Crippen LogP) is 4.26. The van der Waals surface area contributed by atoms with Crippen molar-refractivity contribution in [3.8, 4) is 11.5 Å². The first-order chi connectivity index (χ1) is 14.7. The van der Waals surface area contributed by atoms with Crippen molar-refractivity contribution in [1.29, 1.82) is 0 Å². The number of carbonyl (C=O) groups excluding carboxylic acids is 1. The highest BCUT2D eigenvalue weighted by Gasteiger charge is 2.31. The van der Waals surface area contributed by atoms with Crippen LogP contribution in [0.15, 0.2) is 28.7 Å². The number of aliphatic carboxylic acids is 1. The molecule has 1 aliphatic rings. The molecule has 0 aliphatic heterocycles. The van der Waals surface area contributed by atoms with Crippen LogP contribution >= 0.6 is 0 Å². The van der Waals surface area contributed by atoms with Crippen molar-refractivity contribution in [2.24, 2.45) is 11.8 Å². The van der Waals surface area contributed by atoms with Crippen LogP contribution in [-0.2, 0) is 20.9 Å². The standard InChI is InChI=1S/C24H32N2O5/c1-14(2)21(24(28)29)26-22(27)18-6-5-7-19(12-18)30-13-20-16(4)31-23(25-20)17-10-8-15(3)9-11-17/h8-11,14,18-19,21H,5-7,12-13H2,1-4H3,(H,26,27)(H,28,29)/t18-,19+,21?/m1/s1. The lowest BCUT2D eigenvalue weighted by Crippen LogP contribution is -2.47. The maximum Gasteiger partial charge on any atom is 0.326 e. The Hall–Kier alpha value is -2.67. The van der Waals surface area contributed by atoms with Gasteiger partial charge in [0.1, 0.15) is 17.5 Å². The Kier molecular flexibility index (Phi) is 7.49. The summed E-state index contributed by atoms with van der Waals surface area (Å²) in [5.41, 5.74) is 2.86. The fourth-order valence-corrected chi connectivity index (χ4v) is 3.90. The fourth-order valence-electron chi connectivity index (χ4n) is 3.90. The van der Waals surface area contributed by atoms with E-state index in [9.17, 15) is 14.7 Å². The molecule has 2 aromatic rings. The number of carboxylic acid groups (broad SMARTS) is 1. The van der Waals surface area contributed by atoms with E-state index in [0.29, 0.717) is 18.9 Å². The zero-order valence-corrected chi connectivity index (χ0v) is 18.7. The van der Waals surface area contributed by atoms with E-state index in [1.165, 1.54) is 5.56 Å². The van der Waals surface area contributed by atoms with Crippen LogP contribution in [0.25, 0.3) is 11.5 Å². The van der Waals surface area contributed by atoms with E-state index in [2.05, 4.69) is 10.3 Å². The smallest absolute Gasteiger partial charge is 0.326 e. The number of ether oxygens (including phenoxy) is 1. The summed E-state index contributed by atoms with van der Waals surface area (Å²) in [6, 6.07) is 7.14. The Balaban J connectivity index is 1.57. The van der Waals surface area contributed by atoms with Gasteiger partial charge < -0.3 is 19.6 Å². The number of nitrogens with one attached hydrogen (secondary N) is 1. The number of nitrogens with zero attached hydrogens (tertiary/aromatic N) is 1. The third-order valence-corrected chi connectivity index (χ3v) is 5.87. The topological polar surface area (TPSA) is 102 Å².